The van der Waals surface area contributed by atoms with E-state index in [0.717, 1.165) is 39.4 Å². The molecule has 2 N–H and O–H groups in total. The summed E-state index contributed by atoms with van der Waals surface area (Å²) >= 11 is 1.27. The molecule has 5 rings (SSSR count). The molecule has 1 aromatic heterocycles. The lowest BCUT2D eigenvalue weighted by Crippen LogP contribution is -2.47. The Kier molecular flexibility index (Phi) is 5.18. The number of benzene rings is 2. The second-order valence-electron chi connectivity index (χ2n) is 7.95. The molecule has 2 aliphatic rings. The molecule has 2 heterocycles. The lowest BCUT2D eigenvalue weighted by Gasteiger charge is -2.33. The molecular weight excluding hydrogens is 426 g/mol. The van der Waals surface area contributed by atoms with Crippen LogP contribution in [0.1, 0.15) is 34.5 Å². The third-order valence-electron chi connectivity index (χ3n) is 5.86. The van der Waals surface area contributed by atoms with Gasteiger partial charge in [-0.15, -0.1) is 10.2 Å². The summed E-state index contributed by atoms with van der Waals surface area (Å²) in [6.07, 6.45) is 2.79. The number of fused-ring (bicyclic) bond motifs is 2. The largest absolute Gasteiger partial charge is 0.325 e. The standard InChI is InChI=1S/C23H21N5O3S/c29-18(24-21-27-26-19(32-21)13-15-7-2-1-3-8-15)14-28-20(30)23(25-22(28)31)12-6-10-16-9-4-5-11-17(16)23/h1-5,7-9,11H,6,10,12-14H2,(H,25,31)(H,24,27,29)/t23-/m0/s1. The molecule has 1 aliphatic carbocycles. The number of anilines is 1. The summed E-state index contributed by atoms with van der Waals surface area (Å²) in [7, 11) is 0. The number of carbonyl (C=O) groups excluding carboxylic acids is 3. The Morgan fingerprint density at radius 3 is 2.72 bits per heavy atom. The predicted octanol–water partition coefficient (Wildman–Crippen LogP) is 2.85. The number of aryl methyl sites for hydroxylation is 1. The average molecular weight is 448 g/mol. The van der Waals surface area contributed by atoms with E-state index in [9.17, 15) is 14.4 Å². The van der Waals surface area contributed by atoms with Crippen molar-refractivity contribution in [3.8, 4) is 0 Å². The van der Waals surface area contributed by atoms with Crippen molar-refractivity contribution < 1.29 is 14.4 Å². The van der Waals surface area contributed by atoms with Gasteiger partial charge in [-0.3, -0.25) is 19.8 Å². The van der Waals surface area contributed by atoms with Crippen molar-refractivity contribution in [3.63, 3.8) is 0 Å². The summed E-state index contributed by atoms with van der Waals surface area (Å²) < 4.78 is 0. The van der Waals surface area contributed by atoms with E-state index in [2.05, 4.69) is 20.8 Å². The van der Waals surface area contributed by atoms with Gasteiger partial charge in [0.05, 0.1) is 0 Å². The van der Waals surface area contributed by atoms with Crippen molar-refractivity contribution >= 4 is 34.3 Å². The van der Waals surface area contributed by atoms with Gasteiger partial charge in [0.15, 0.2) is 0 Å². The topological polar surface area (TPSA) is 104 Å². The van der Waals surface area contributed by atoms with Gasteiger partial charge in [0.1, 0.15) is 17.1 Å². The van der Waals surface area contributed by atoms with E-state index in [-0.39, 0.29) is 12.5 Å². The van der Waals surface area contributed by atoms with Crippen LogP contribution in [0.2, 0.25) is 0 Å². The normalized spacial score (nSPS) is 19.7. The molecule has 1 spiro atoms. The first-order chi connectivity index (χ1) is 15.5. The molecule has 3 aromatic rings. The lowest BCUT2D eigenvalue weighted by atomic mass is 9.76. The van der Waals surface area contributed by atoms with Crippen molar-refractivity contribution in [2.75, 3.05) is 11.9 Å². The van der Waals surface area contributed by atoms with Gasteiger partial charge in [0, 0.05) is 6.42 Å². The molecule has 32 heavy (non-hydrogen) atoms. The third-order valence-corrected chi connectivity index (χ3v) is 6.70. The van der Waals surface area contributed by atoms with Crippen LogP contribution in [0.3, 0.4) is 0 Å². The first kappa shape index (κ1) is 20.3. The van der Waals surface area contributed by atoms with Gasteiger partial charge >= 0.3 is 6.03 Å². The van der Waals surface area contributed by atoms with Crippen molar-refractivity contribution in [2.45, 2.75) is 31.2 Å². The van der Waals surface area contributed by atoms with Crippen molar-refractivity contribution in [1.29, 1.82) is 0 Å². The molecular formula is C23H21N5O3S. The smallest absolute Gasteiger partial charge is 0.319 e. The monoisotopic (exact) mass is 447 g/mol. The van der Waals surface area contributed by atoms with Gasteiger partial charge in [0.25, 0.3) is 5.91 Å². The molecule has 1 fully saturated rings. The summed E-state index contributed by atoms with van der Waals surface area (Å²) in [6.45, 7) is -0.373. The van der Waals surface area contributed by atoms with Crippen LogP contribution < -0.4 is 10.6 Å². The molecule has 8 nitrogen and oxygen atoms in total. The molecule has 0 bridgehead atoms. The lowest BCUT2D eigenvalue weighted by molar-refractivity contribution is -0.134. The second kappa shape index (κ2) is 8.16. The van der Waals surface area contributed by atoms with Gasteiger partial charge in [-0.05, 0) is 36.0 Å². The van der Waals surface area contributed by atoms with E-state index < -0.39 is 17.5 Å². The number of urea groups is 1. The number of carbonyl (C=O) groups is 3. The highest BCUT2D eigenvalue weighted by atomic mass is 32.1. The molecule has 9 heteroatoms. The Labute approximate surface area is 188 Å². The van der Waals surface area contributed by atoms with Crippen LogP contribution in [-0.2, 0) is 28.0 Å². The summed E-state index contributed by atoms with van der Waals surface area (Å²) in [5.41, 5.74) is 1.89. The van der Waals surface area contributed by atoms with Crippen LogP contribution in [0.5, 0.6) is 0 Å². The SMILES string of the molecule is O=C(CN1C(=O)N[C@]2(CCCc3ccccc32)C1=O)Nc1nnc(Cc2ccccc2)s1. The van der Waals surface area contributed by atoms with Crippen molar-refractivity contribution in [3.05, 3.63) is 76.3 Å². The highest BCUT2D eigenvalue weighted by Gasteiger charge is 2.54. The predicted molar refractivity (Wildman–Crippen MR) is 119 cm³/mol. The average Bonchev–Trinajstić information content (AvgIpc) is 3.32. The first-order valence-electron chi connectivity index (χ1n) is 10.4. The fraction of sp³-hybridized carbons (Fsp3) is 0.261. The third kappa shape index (κ3) is 3.64. The Bertz CT molecular complexity index is 1200. The van der Waals surface area contributed by atoms with Crippen LogP contribution in [0, 0.1) is 0 Å². The Hall–Kier alpha value is -3.59. The fourth-order valence-electron chi connectivity index (χ4n) is 4.40. The fourth-order valence-corrected chi connectivity index (χ4v) is 5.19. The Morgan fingerprint density at radius 1 is 1.09 bits per heavy atom. The zero-order valence-electron chi connectivity index (χ0n) is 17.2. The number of imide groups is 1. The molecule has 4 amide bonds. The Balaban J connectivity index is 1.27. The van der Waals surface area contributed by atoms with E-state index >= 15 is 0 Å². The summed E-state index contributed by atoms with van der Waals surface area (Å²) in [4.78, 5) is 39.5. The molecule has 162 valence electrons. The zero-order chi connectivity index (χ0) is 22.1. The summed E-state index contributed by atoms with van der Waals surface area (Å²) in [6, 6.07) is 16.9. The Morgan fingerprint density at radius 2 is 1.88 bits per heavy atom. The summed E-state index contributed by atoms with van der Waals surface area (Å²) in [5, 5.41) is 14.7. The van der Waals surface area contributed by atoms with Crippen LogP contribution in [0.25, 0.3) is 0 Å². The molecule has 2 aromatic carbocycles. The van der Waals surface area contributed by atoms with Gasteiger partial charge in [-0.1, -0.05) is 65.9 Å². The number of amides is 4. The minimum atomic E-state index is -1.09. The van der Waals surface area contributed by atoms with Crippen molar-refractivity contribution in [1.82, 2.24) is 20.4 Å². The van der Waals surface area contributed by atoms with Gasteiger partial charge in [0.2, 0.25) is 11.0 Å². The maximum Gasteiger partial charge on any atom is 0.325 e. The minimum absolute atomic E-state index is 0.339. The zero-order valence-corrected chi connectivity index (χ0v) is 18.0. The van der Waals surface area contributed by atoms with Gasteiger partial charge in [-0.25, -0.2) is 4.79 Å². The summed E-state index contributed by atoms with van der Waals surface area (Å²) in [5.74, 6) is -0.871. The number of hydrogen-bond donors (Lipinski definition) is 2. The number of hydrogen-bond acceptors (Lipinski definition) is 6. The van der Waals surface area contributed by atoms with Crippen LogP contribution in [0.4, 0.5) is 9.93 Å². The van der Waals surface area contributed by atoms with Crippen LogP contribution >= 0.6 is 11.3 Å². The van der Waals surface area contributed by atoms with E-state index in [1.165, 1.54) is 11.3 Å². The number of nitrogens with zero attached hydrogens (tertiary/aromatic N) is 3. The van der Waals surface area contributed by atoms with Crippen molar-refractivity contribution in [2.24, 2.45) is 0 Å². The molecule has 0 saturated carbocycles. The van der Waals surface area contributed by atoms with Crippen LogP contribution in [-0.4, -0.2) is 39.5 Å². The highest BCUT2D eigenvalue weighted by molar-refractivity contribution is 7.15. The van der Waals surface area contributed by atoms with Crippen LogP contribution in [0.15, 0.2) is 54.6 Å². The number of rotatable bonds is 5. The molecule has 0 unspecified atom stereocenters. The maximum atomic E-state index is 13.3. The second-order valence-corrected chi connectivity index (χ2v) is 9.01. The highest BCUT2D eigenvalue weighted by Crippen LogP contribution is 2.39. The molecule has 1 saturated heterocycles. The number of aromatic nitrogens is 2. The van der Waals surface area contributed by atoms with E-state index in [4.69, 9.17) is 0 Å². The number of nitrogens with one attached hydrogen (secondary N) is 2. The van der Waals surface area contributed by atoms with E-state index in [0.29, 0.717) is 18.0 Å². The molecule has 1 aliphatic heterocycles. The molecule has 1 atom stereocenters. The first-order valence-corrected chi connectivity index (χ1v) is 11.3. The minimum Gasteiger partial charge on any atom is -0.319 e. The maximum absolute atomic E-state index is 13.3. The van der Waals surface area contributed by atoms with Gasteiger partial charge < -0.3 is 5.32 Å². The molecule has 0 radical (unpaired) electrons. The van der Waals surface area contributed by atoms with E-state index in [1.807, 2.05) is 54.6 Å². The quantitative estimate of drug-likeness (QED) is 0.586. The van der Waals surface area contributed by atoms with Gasteiger partial charge in [-0.2, -0.15) is 0 Å². The van der Waals surface area contributed by atoms with E-state index in [1.54, 1.807) is 0 Å².